The lowest BCUT2D eigenvalue weighted by atomic mass is 10.2. The second kappa shape index (κ2) is 6.65. The predicted molar refractivity (Wildman–Crippen MR) is 69.3 cm³/mol. The highest BCUT2D eigenvalue weighted by Gasteiger charge is 2.22. The minimum Gasteiger partial charge on any atom is -0.465 e. The smallest absolute Gasteiger partial charge is 0.339 e. The number of aliphatic hydroxyl groups is 1. The highest BCUT2D eigenvalue weighted by atomic mass is 32.2. The number of aliphatic hydroxyl groups excluding tert-OH is 1. The molecule has 7 heteroatoms. The molecule has 0 fully saturated rings. The summed E-state index contributed by atoms with van der Waals surface area (Å²) in [4.78, 5) is 11.3. The fourth-order valence-electron chi connectivity index (χ4n) is 1.41. The van der Waals surface area contributed by atoms with Gasteiger partial charge in [0.2, 0.25) is 10.0 Å². The Hall–Kier alpha value is -1.44. The van der Waals surface area contributed by atoms with Gasteiger partial charge in [-0.2, -0.15) is 0 Å². The van der Waals surface area contributed by atoms with Crippen molar-refractivity contribution in [3.8, 4) is 0 Å². The van der Waals surface area contributed by atoms with Crippen LogP contribution in [-0.4, -0.2) is 39.3 Å². The molecule has 0 aliphatic rings. The average Bonchev–Trinajstić information content (AvgIpc) is 2.43. The molecule has 19 heavy (non-hydrogen) atoms. The zero-order chi connectivity index (χ0) is 14.5. The molecule has 106 valence electrons. The van der Waals surface area contributed by atoms with Crippen LogP contribution >= 0.6 is 0 Å². The van der Waals surface area contributed by atoms with E-state index in [1.54, 1.807) is 13.0 Å². The molecule has 0 aliphatic carbocycles. The third-order valence-electron chi connectivity index (χ3n) is 2.56. The topological polar surface area (TPSA) is 92.7 Å². The Balaban J connectivity index is 3.04. The van der Waals surface area contributed by atoms with Crippen LogP contribution in [0.1, 0.15) is 23.7 Å². The van der Waals surface area contributed by atoms with E-state index in [4.69, 9.17) is 0 Å². The van der Waals surface area contributed by atoms with Gasteiger partial charge in [0, 0.05) is 6.54 Å². The van der Waals surface area contributed by atoms with Gasteiger partial charge in [-0.3, -0.25) is 0 Å². The first kappa shape index (κ1) is 15.6. The lowest BCUT2D eigenvalue weighted by Gasteiger charge is -2.12. The molecule has 1 aromatic rings. The monoisotopic (exact) mass is 287 g/mol. The first-order valence-corrected chi connectivity index (χ1v) is 7.25. The molecule has 1 atom stereocenters. The van der Waals surface area contributed by atoms with Gasteiger partial charge in [-0.1, -0.05) is 19.1 Å². The third-order valence-corrected chi connectivity index (χ3v) is 4.04. The Morgan fingerprint density at radius 3 is 2.63 bits per heavy atom. The number of rotatable bonds is 6. The van der Waals surface area contributed by atoms with E-state index in [0.717, 1.165) is 0 Å². The number of sulfonamides is 1. The van der Waals surface area contributed by atoms with Crippen LogP contribution in [0, 0.1) is 0 Å². The maximum atomic E-state index is 12.1. The lowest BCUT2D eigenvalue weighted by molar-refractivity contribution is 0.0596. The summed E-state index contributed by atoms with van der Waals surface area (Å²) in [5.74, 6) is -0.725. The zero-order valence-electron chi connectivity index (χ0n) is 10.8. The number of benzene rings is 1. The van der Waals surface area contributed by atoms with Crippen molar-refractivity contribution in [3.63, 3.8) is 0 Å². The van der Waals surface area contributed by atoms with Crippen LogP contribution in [0.25, 0.3) is 0 Å². The van der Waals surface area contributed by atoms with E-state index in [2.05, 4.69) is 9.46 Å². The van der Waals surface area contributed by atoms with E-state index in [1.807, 2.05) is 0 Å². The molecule has 0 bridgehead atoms. The number of nitrogens with one attached hydrogen (secondary N) is 1. The SMILES string of the molecule is CCC(O)CNS(=O)(=O)c1ccccc1C(=O)OC. The Bertz CT molecular complexity index is 541. The van der Waals surface area contributed by atoms with Crippen LogP contribution in [0.5, 0.6) is 0 Å². The maximum Gasteiger partial charge on any atom is 0.339 e. The summed E-state index contributed by atoms with van der Waals surface area (Å²) in [6.45, 7) is 1.63. The van der Waals surface area contributed by atoms with Gasteiger partial charge < -0.3 is 9.84 Å². The molecule has 1 aromatic carbocycles. The first-order chi connectivity index (χ1) is 8.92. The van der Waals surface area contributed by atoms with Gasteiger partial charge in [0.05, 0.1) is 23.7 Å². The molecule has 0 heterocycles. The van der Waals surface area contributed by atoms with Gasteiger partial charge in [-0.05, 0) is 18.6 Å². The lowest BCUT2D eigenvalue weighted by Crippen LogP contribution is -2.32. The molecule has 0 spiro atoms. The van der Waals surface area contributed by atoms with Crippen molar-refractivity contribution < 1.29 is 23.1 Å². The van der Waals surface area contributed by atoms with E-state index in [1.165, 1.54) is 25.3 Å². The predicted octanol–water partition coefficient (Wildman–Crippen LogP) is 0.522. The van der Waals surface area contributed by atoms with Crippen molar-refractivity contribution in [2.75, 3.05) is 13.7 Å². The zero-order valence-corrected chi connectivity index (χ0v) is 11.6. The van der Waals surface area contributed by atoms with Crippen molar-refractivity contribution in [1.29, 1.82) is 0 Å². The molecule has 1 unspecified atom stereocenters. The summed E-state index contributed by atoms with van der Waals surface area (Å²) < 4.78 is 30.9. The van der Waals surface area contributed by atoms with Gasteiger partial charge in [-0.15, -0.1) is 0 Å². The number of hydrogen-bond acceptors (Lipinski definition) is 5. The number of hydrogen-bond donors (Lipinski definition) is 2. The van der Waals surface area contributed by atoms with Crippen LogP contribution in [0.3, 0.4) is 0 Å². The molecule has 0 aliphatic heterocycles. The highest BCUT2D eigenvalue weighted by Crippen LogP contribution is 2.16. The second-order valence-electron chi connectivity index (χ2n) is 3.90. The number of carbonyl (C=O) groups excluding carboxylic acids is 1. The van der Waals surface area contributed by atoms with Gasteiger partial charge in [-0.25, -0.2) is 17.9 Å². The van der Waals surface area contributed by atoms with E-state index in [-0.39, 0.29) is 17.0 Å². The van der Waals surface area contributed by atoms with Crippen molar-refractivity contribution in [1.82, 2.24) is 4.72 Å². The Labute approximate surface area is 112 Å². The van der Waals surface area contributed by atoms with Crippen molar-refractivity contribution in [2.45, 2.75) is 24.3 Å². The summed E-state index contributed by atoms with van der Waals surface area (Å²) in [6, 6.07) is 5.74. The largest absolute Gasteiger partial charge is 0.465 e. The molecule has 0 saturated carbocycles. The minimum absolute atomic E-state index is 0.0384. The van der Waals surface area contributed by atoms with E-state index in [9.17, 15) is 18.3 Å². The molecule has 0 radical (unpaired) electrons. The normalized spacial score (nSPS) is 13.0. The summed E-state index contributed by atoms with van der Waals surface area (Å²) >= 11 is 0. The third kappa shape index (κ3) is 4.02. The highest BCUT2D eigenvalue weighted by molar-refractivity contribution is 7.89. The van der Waals surface area contributed by atoms with Crippen LogP contribution in [0.2, 0.25) is 0 Å². The summed E-state index contributed by atoms with van der Waals surface area (Å²) in [5, 5.41) is 9.37. The van der Waals surface area contributed by atoms with Gasteiger partial charge in [0.1, 0.15) is 0 Å². The fraction of sp³-hybridized carbons (Fsp3) is 0.417. The average molecular weight is 287 g/mol. The van der Waals surface area contributed by atoms with E-state index in [0.29, 0.717) is 6.42 Å². The van der Waals surface area contributed by atoms with Gasteiger partial charge >= 0.3 is 5.97 Å². The standard InChI is InChI=1S/C12H17NO5S/c1-3-9(14)8-13-19(16,17)11-7-5-4-6-10(11)12(15)18-2/h4-7,9,13-14H,3,8H2,1-2H3. The van der Waals surface area contributed by atoms with Crippen molar-refractivity contribution >= 4 is 16.0 Å². The van der Waals surface area contributed by atoms with Crippen LogP contribution < -0.4 is 4.72 Å². The summed E-state index contributed by atoms with van der Waals surface area (Å²) in [6.07, 6.45) is -0.332. The fourth-order valence-corrected chi connectivity index (χ4v) is 2.67. The molecular weight excluding hydrogens is 270 g/mol. The molecule has 0 amide bonds. The van der Waals surface area contributed by atoms with E-state index < -0.39 is 22.1 Å². The minimum atomic E-state index is -3.86. The Morgan fingerprint density at radius 1 is 1.42 bits per heavy atom. The maximum absolute atomic E-state index is 12.1. The van der Waals surface area contributed by atoms with Gasteiger partial charge in [0.15, 0.2) is 0 Å². The summed E-state index contributed by atoms with van der Waals surface area (Å²) in [7, 11) is -2.68. The quantitative estimate of drug-likeness (QED) is 0.744. The van der Waals surface area contributed by atoms with E-state index >= 15 is 0 Å². The molecule has 1 rings (SSSR count). The molecule has 0 saturated heterocycles. The van der Waals surface area contributed by atoms with Crippen LogP contribution in [0.15, 0.2) is 29.2 Å². The number of esters is 1. The number of carbonyl (C=O) groups is 1. The first-order valence-electron chi connectivity index (χ1n) is 5.77. The van der Waals surface area contributed by atoms with Crippen LogP contribution in [0.4, 0.5) is 0 Å². The number of ether oxygens (including phenoxy) is 1. The summed E-state index contributed by atoms with van der Waals surface area (Å²) in [5.41, 5.74) is -0.0384. The molecule has 2 N–H and O–H groups in total. The molecule has 0 aromatic heterocycles. The van der Waals surface area contributed by atoms with Gasteiger partial charge in [0.25, 0.3) is 0 Å². The Kier molecular flexibility index (Phi) is 5.46. The van der Waals surface area contributed by atoms with Crippen molar-refractivity contribution in [3.05, 3.63) is 29.8 Å². The van der Waals surface area contributed by atoms with Crippen LogP contribution in [-0.2, 0) is 14.8 Å². The number of methoxy groups -OCH3 is 1. The van der Waals surface area contributed by atoms with Crippen molar-refractivity contribution in [2.24, 2.45) is 0 Å². The molecule has 6 nitrogen and oxygen atoms in total. The Morgan fingerprint density at radius 2 is 2.05 bits per heavy atom. The molecular formula is C12H17NO5S. The second-order valence-corrected chi connectivity index (χ2v) is 5.64.